The van der Waals surface area contributed by atoms with Gasteiger partial charge in [-0.2, -0.15) is 0 Å². The van der Waals surface area contributed by atoms with Crippen molar-refractivity contribution < 1.29 is 14.1 Å². The van der Waals surface area contributed by atoms with Gasteiger partial charge in [0.2, 0.25) is 0 Å². The molecule has 1 aliphatic rings. The standard InChI is InChI=1S/C11H17N3O3/c1-11(2,3)16-10(15)14-5-7(6-14)8-4-9(12)13-17-8/h4,7H,5-6H2,1-3H3,(H2,12,13). The van der Waals surface area contributed by atoms with Crippen LogP contribution in [0.15, 0.2) is 10.6 Å². The smallest absolute Gasteiger partial charge is 0.410 e. The van der Waals surface area contributed by atoms with E-state index in [-0.39, 0.29) is 12.0 Å². The van der Waals surface area contributed by atoms with Crippen LogP contribution in [-0.2, 0) is 4.74 Å². The van der Waals surface area contributed by atoms with Gasteiger partial charge in [0.25, 0.3) is 0 Å². The summed E-state index contributed by atoms with van der Waals surface area (Å²) in [6.07, 6.45) is -0.291. The van der Waals surface area contributed by atoms with Gasteiger partial charge in [-0.3, -0.25) is 0 Å². The number of hydrogen-bond donors (Lipinski definition) is 1. The normalized spacial score (nSPS) is 16.8. The van der Waals surface area contributed by atoms with Gasteiger partial charge in [-0.15, -0.1) is 0 Å². The number of nitrogen functional groups attached to an aromatic ring is 1. The van der Waals surface area contributed by atoms with Crippen molar-refractivity contribution in [2.45, 2.75) is 32.3 Å². The minimum Gasteiger partial charge on any atom is -0.444 e. The van der Waals surface area contributed by atoms with Gasteiger partial charge in [0.05, 0.1) is 5.92 Å². The third-order valence-corrected chi connectivity index (χ3v) is 2.48. The van der Waals surface area contributed by atoms with Crippen molar-refractivity contribution in [2.75, 3.05) is 18.8 Å². The van der Waals surface area contributed by atoms with E-state index in [2.05, 4.69) is 5.16 Å². The first-order valence-electron chi connectivity index (χ1n) is 5.55. The van der Waals surface area contributed by atoms with Gasteiger partial charge in [-0.25, -0.2) is 4.79 Å². The molecule has 0 spiro atoms. The van der Waals surface area contributed by atoms with Gasteiger partial charge < -0.3 is 19.9 Å². The van der Waals surface area contributed by atoms with Crippen LogP contribution in [0, 0.1) is 0 Å². The van der Waals surface area contributed by atoms with Crippen molar-refractivity contribution in [3.8, 4) is 0 Å². The topological polar surface area (TPSA) is 81.6 Å². The number of nitrogens with zero attached hydrogens (tertiary/aromatic N) is 2. The first kappa shape index (κ1) is 11.8. The zero-order valence-electron chi connectivity index (χ0n) is 10.3. The predicted octanol–water partition coefficient (Wildman–Crippen LogP) is 1.59. The SMILES string of the molecule is CC(C)(C)OC(=O)N1CC(c2cc(N)no2)C1. The number of carbonyl (C=O) groups is 1. The summed E-state index contributed by atoms with van der Waals surface area (Å²) in [5, 5.41) is 3.62. The van der Waals surface area contributed by atoms with Gasteiger partial charge in [-0.05, 0) is 20.8 Å². The molecule has 17 heavy (non-hydrogen) atoms. The summed E-state index contributed by atoms with van der Waals surface area (Å²) in [5.74, 6) is 1.27. The maximum Gasteiger partial charge on any atom is 0.410 e. The summed E-state index contributed by atoms with van der Waals surface area (Å²) in [6.45, 7) is 6.71. The van der Waals surface area contributed by atoms with Crippen molar-refractivity contribution in [1.82, 2.24) is 10.1 Å². The van der Waals surface area contributed by atoms with Crippen LogP contribution in [0.5, 0.6) is 0 Å². The summed E-state index contributed by atoms with van der Waals surface area (Å²) in [4.78, 5) is 13.3. The van der Waals surface area contributed by atoms with Crippen LogP contribution >= 0.6 is 0 Å². The minimum absolute atomic E-state index is 0.173. The molecule has 0 saturated carbocycles. The minimum atomic E-state index is -0.459. The summed E-state index contributed by atoms with van der Waals surface area (Å²) < 4.78 is 10.3. The van der Waals surface area contributed by atoms with E-state index in [0.717, 1.165) is 5.76 Å². The number of rotatable bonds is 1. The molecule has 1 fully saturated rings. The molecular weight excluding hydrogens is 222 g/mol. The average molecular weight is 239 g/mol. The summed E-state index contributed by atoms with van der Waals surface area (Å²) >= 11 is 0. The van der Waals surface area contributed by atoms with Gasteiger partial charge in [-0.1, -0.05) is 5.16 Å². The highest BCUT2D eigenvalue weighted by molar-refractivity contribution is 5.69. The summed E-state index contributed by atoms with van der Waals surface area (Å²) in [5.41, 5.74) is 5.00. The highest BCUT2D eigenvalue weighted by Gasteiger charge is 2.36. The molecule has 1 aromatic heterocycles. The lowest BCUT2D eigenvalue weighted by Crippen LogP contribution is -2.50. The predicted molar refractivity (Wildman–Crippen MR) is 61.5 cm³/mol. The van der Waals surface area contributed by atoms with Crippen LogP contribution in [-0.4, -0.2) is 34.8 Å². The van der Waals surface area contributed by atoms with E-state index < -0.39 is 5.60 Å². The lowest BCUT2D eigenvalue weighted by molar-refractivity contribution is 0.00605. The second kappa shape index (κ2) is 3.94. The molecule has 94 valence electrons. The Kier molecular flexibility index (Phi) is 2.73. The van der Waals surface area contributed by atoms with Gasteiger partial charge in [0, 0.05) is 19.2 Å². The number of likely N-dealkylation sites (tertiary alicyclic amines) is 1. The lowest BCUT2D eigenvalue weighted by atomic mass is 9.98. The summed E-state index contributed by atoms with van der Waals surface area (Å²) in [7, 11) is 0. The molecular formula is C11H17N3O3. The molecule has 1 amide bonds. The molecule has 2 heterocycles. The number of aromatic nitrogens is 1. The molecule has 2 N–H and O–H groups in total. The Morgan fingerprint density at radius 2 is 2.24 bits per heavy atom. The van der Waals surface area contributed by atoms with E-state index in [9.17, 15) is 4.79 Å². The maximum absolute atomic E-state index is 11.7. The van der Waals surface area contributed by atoms with Crippen LogP contribution in [0.1, 0.15) is 32.4 Å². The lowest BCUT2D eigenvalue weighted by Gasteiger charge is -2.38. The van der Waals surface area contributed by atoms with Crippen molar-refractivity contribution in [2.24, 2.45) is 0 Å². The van der Waals surface area contributed by atoms with Gasteiger partial charge in [0.1, 0.15) is 11.4 Å². The second-order valence-electron chi connectivity index (χ2n) is 5.24. The highest BCUT2D eigenvalue weighted by atomic mass is 16.6. The Labute approximate surface area is 99.7 Å². The van der Waals surface area contributed by atoms with E-state index in [4.69, 9.17) is 15.0 Å². The number of ether oxygens (including phenoxy) is 1. The van der Waals surface area contributed by atoms with E-state index in [1.165, 1.54) is 0 Å². The molecule has 1 aromatic rings. The molecule has 0 aliphatic carbocycles. The molecule has 6 heteroatoms. The molecule has 1 saturated heterocycles. The maximum atomic E-state index is 11.7. The van der Waals surface area contributed by atoms with Crippen LogP contribution in [0.25, 0.3) is 0 Å². The first-order chi connectivity index (χ1) is 7.85. The first-order valence-corrected chi connectivity index (χ1v) is 5.55. The molecule has 1 aliphatic heterocycles. The fourth-order valence-corrected chi connectivity index (χ4v) is 1.63. The largest absolute Gasteiger partial charge is 0.444 e. The van der Waals surface area contributed by atoms with Crippen LogP contribution in [0.4, 0.5) is 10.6 Å². The average Bonchev–Trinajstić information content (AvgIpc) is 2.45. The third kappa shape index (κ3) is 2.69. The number of anilines is 1. The van der Waals surface area contributed by atoms with Crippen molar-refractivity contribution in [1.29, 1.82) is 0 Å². The molecule has 0 aromatic carbocycles. The summed E-state index contributed by atoms with van der Waals surface area (Å²) in [6, 6.07) is 1.69. The van der Waals surface area contributed by atoms with Crippen molar-refractivity contribution in [3.05, 3.63) is 11.8 Å². The van der Waals surface area contributed by atoms with E-state index in [1.807, 2.05) is 20.8 Å². The Bertz CT molecular complexity index is 416. The Morgan fingerprint density at radius 1 is 1.59 bits per heavy atom. The molecule has 2 rings (SSSR count). The van der Waals surface area contributed by atoms with Gasteiger partial charge in [0.15, 0.2) is 5.82 Å². The van der Waals surface area contributed by atoms with E-state index in [1.54, 1.807) is 11.0 Å². The molecule has 0 atom stereocenters. The van der Waals surface area contributed by atoms with E-state index >= 15 is 0 Å². The molecule has 0 bridgehead atoms. The van der Waals surface area contributed by atoms with Crippen molar-refractivity contribution in [3.63, 3.8) is 0 Å². The molecule has 0 unspecified atom stereocenters. The fourth-order valence-electron chi connectivity index (χ4n) is 1.63. The quantitative estimate of drug-likeness (QED) is 0.804. The Hall–Kier alpha value is -1.72. The van der Waals surface area contributed by atoms with Crippen LogP contribution < -0.4 is 5.73 Å². The number of hydrogen-bond acceptors (Lipinski definition) is 5. The van der Waals surface area contributed by atoms with Crippen LogP contribution in [0.2, 0.25) is 0 Å². The van der Waals surface area contributed by atoms with Crippen molar-refractivity contribution >= 4 is 11.9 Å². The van der Waals surface area contributed by atoms with Gasteiger partial charge >= 0.3 is 6.09 Å². The zero-order chi connectivity index (χ0) is 12.6. The molecule has 6 nitrogen and oxygen atoms in total. The highest BCUT2D eigenvalue weighted by Crippen LogP contribution is 2.29. The Balaban J connectivity index is 1.85. The third-order valence-electron chi connectivity index (χ3n) is 2.48. The zero-order valence-corrected chi connectivity index (χ0v) is 10.3. The number of nitrogens with two attached hydrogens (primary N) is 1. The number of amides is 1. The Morgan fingerprint density at radius 3 is 2.71 bits per heavy atom. The fraction of sp³-hybridized carbons (Fsp3) is 0.636. The van der Waals surface area contributed by atoms with Crippen LogP contribution in [0.3, 0.4) is 0 Å². The van der Waals surface area contributed by atoms with E-state index in [0.29, 0.717) is 18.9 Å². The monoisotopic (exact) mass is 239 g/mol. The molecule has 0 radical (unpaired) electrons. The second-order valence-corrected chi connectivity index (χ2v) is 5.24. The number of carbonyl (C=O) groups excluding carboxylic acids is 1.